The summed E-state index contributed by atoms with van der Waals surface area (Å²) in [6.07, 6.45) is 0. The highest BCUT2D eigenvalue weighted by Crippen LogP contribution is 2.53. The van der Waals surface area contributed by atoms with Crippen molar-refractivity contribution in [3.05, 3.63) is 260 Å². The van der Waals surface area contributed by atoms with Crippen molar-refractivity contribution < 1.29 is 0 Å². The summed E-state index contributed by atoms with van der Waals surface area (Å²) in [6, 6.07) is 91.3. The normalized spacial score (nSPS) is 12.5. The van der Waals surface area contributed by atoms with E-state index in [2.05, 4.69) is 267 Å². The minimum absolute atomic E-state index is 0.239. The molecule has 0 amide bonds. The molecular weight excluding hydrogens is 795 g/mol. The molecule has 0 atom stereocenters. The number of hydrogen-bond acceptors (Lipinski definition) is 1. The topological polar surface area (TPSA) is 3.24 Å². The molecule has 0 aromatic heterocycles. The van der Waals surface area contributed by atoms with Crippen molar-refractivity contribution in [1.29, 1.82) is 0 Å². The first kappa shape index (κ1) is 39.3. The summed E-state index contributed by atoms with van der Waals surface area (Å²) in [5.74, 6) is 0. The summed E-state index contributed by atoms with van der Waals surface area (Å²) in [5.41, 5.74) is 20.5. The van der Waals surface area contributed by atoms with Crippen molar-refractivity contribution in [2.75, 3.05) is 4.90 Å². The summed E-state index contributed by atoms with van der Waals surface area (Å²) in [7, 11) is 0. The van der Waals surface area contributed by atoms with Crippen LogP contribution in [0.3, 0.4) is 0 Å². The number of hydrogen-bond donors (Lipinski definition) is 0. The smallest absolute Gasteiger partial charge is 0.0540 e. The Balaban J connectivity index is 0.957. The first-order valence-electron chi connectivity index (χ1n) is 23.0. The van der Waals surface area contributed by atoms with Crippen molar-refractivity contribution in [2.45, 2.75) is 19.3 Å². The van der Waals surface area contributed by atoms with E-state index < -0.39 is 0 Å². The Hall–Kier alpha value is -8.26. The fourth-order valence-electron chi connectivity index (χ4n) is 10.4. The molecule has 1 aliphatic rings. The van der Waals surface area contributed by atoms with Crippen molar-refractivity contribution in [2.24, 2.45) is 0 Å². The molecule has 0 spiro atoms. The van der Waals surface area contributed by atoms with Gasteiger partial charge in [0, 0.05) is 22.4 Å². The van der Waals surface area contributed by atoms with Gasteiger partial charge in [-0.3, -0.25) is 0 Å². The molecule has 1 aliphatic carbocycles. The Morgan fingerprint density at radius 1 is 0.273 bits per heavy atom. The van der Waals surface area contributed by atoms with Crippen molar-refractivity contribution >= 4 is 38.6 Å². The zero-order chi connectivity index (χ0) is 44.2. The average Bonchev–Trinajstić information content (AvgIpc) is 3.61. The molecule has 0 heterocycles. The maximum atomic E-state index is 2.46. The highest BCUT2D eigenvalue weighted by atomic mass is 15.1. The number of benzene rings is 11. The molecule has 312 valence electrons. The Bertz CT molecular complexity index is 3570. The van der Waals surface area contributed by atoms with E-state index in [-0.39, 0.29) is 5.41 Å². The van der Waals surface area contributed by atoms with Gasteiger partial charge in [-0.25, -0.2) is 0 Å². The quantitative estimate of drug-likeness (QED) is 0.138. The minimum atomic E-state index is -0.239. The molecule has 0 saturated carbocycles. The van der Waals surface area contributed by atoms with Gasteiger partial charge in [0.05, 0.1) is 5.69 Å². The van der Waals surface area contributed by atoms with Crippen molar-refractivity contribution in [3.63, 3.8) is 0 Å². The van der Waals surface area contributed by atoms with Gasteiger partial charge >= 0.3 is 0 Å². The Labute approximate surface area is 387 Å². The zero-order valence-electron chi connectivity index (χ0n) is 37.1. The second-order valence-corrected chi connectivity index (χ2v) is 18.1. The van der Waals surface area contributed by atoms with Gasteiger partial charge in [-0.05, 0) is 136 Å². The first-order chi connectivity index (χ1) is 32.5. The first-order valence-corrected chi connectivity index (χ1v) is 23.0. The van der Waals surface area contributed by atoms with Gasteiger partial charge in [-0.2, -0.15) is 0 Å². The van der Waals surface area contributed by atoms with Crippen LogP contribution in [0.5, 0.6) is 0 Å². The molecule has 11 aromatic rings. The Morgan fingerprint density at radius 2 is 0.712 bits per heavy atom. The highest BCUT2D eigenvalue weighted by Gasteiger charge is 2.36. The molecule has 0 N–H and O–H groups in total. The lowest BCUT2D eigenvalue weighted by Crippen LogP contribution is -2.17. The van der Waals surface area contributed by atoms with Crippen LogP contribution in [-0.2, 0) is 5.41 Å². The lowest BCUT2D eigenvalue weighted by atomic mass is 9.81. The summed E-state index contributed by atoms with van der Waals surface area (Å²) >= 11 is 0. The number of rotatable bonds is 8. The van der Waals surface area contributed by atoms with E-state index in [0.29, 0.717) is 0 Å². The Kier molecular flexibility index (Phi) is 9.58. The largest absolute Gasteiger partial charge is 0.310 e. The van der Waals surface area contributed by atoms with E-state index in [4.69, 9.17) is 0 Å². The van der Waals surface area contributed by atoms with Crippen LogP contribution in [0.4, 0.5) is 17.1 Å². The van der Waals surface area contributed by atoms with Crippen LogP contribution in [0.1, 0.15) is 25.0 Å². The van der Waals surface area contributed by atoms with Crippen LogP contribution >= 0.6 is 0 Å². The third kappa shape index (κ3) is 6.80. The average molecular weight is 842 g/mol. The fourth-order valence-corrected chi connectivity index (χ4v) is 10.4. The summed E-state index contributed by atoms with van der Waals surface area (Å²) in [6.45, 7) is 4.79. The third-order valence-corrected chi connectivity index (χ3v) is 13.9. The monoisotopic (exact) mass is 841 g/mol. The van der Waals surface area contributed by atoms with Gasteiger partial charge in [0.1, 0.15) is 0 Å². The lowest BCUT2D eigenvalue weighted by Gasteiger charge is -2.30. The lowest BCUT2D eigenvalue weighted by molar-refractivity contribution is 0.660. The van der Waals surface area contributed by atoms with E-state index in [9.17, 15) is 0 Å². The van der Waals surface area contributed by atoms with E-state index >= 15 is 0 Å². The standard InChI is InChI=1S/C65H47N/c1-65(2)62-42-52(61-41-51-19-9-10-20-55(51)57-22-11-12-23-58(57)61)35-39-59(62)60-40-38-54(43-63(60)65)66(53-36-33-49(34-37-53)48-27-25-46(26-28-48)44-15-5-3-6-16-44)64-24-14-13-21-56(64)50-31-29-47(30-32-50)45-17-7-4-8-18-45/h3-43H,1-2H3. The predicted molar refractivity (Wildman–Crippen MR) is 281 cm³/mol. The number of anilines is 3. The van der Waals surface area contributed by atoms with Gasteiger partial charge in [0.2, 0.25) is 0 Å². The third-order valence-electron chi connectivity index (χ3n) is 13.9. The van der Waals surface area contributed by atoms with Crippen LogP contribution in [0, 0.1) is 0 Å². The summed E-state index contributed by atoms with van der Waals surface area (Å²) < 4.78 is 0. The molecule has 0 aliphatic heterocycles. The number of nitrogens with zero attached hydrogens (tertiary/aromatic N) is 1. The molecule has 0 saturated heterocycles. The van der Waals surface area contributed by atoms with Gasteiger partial charge in [0.25, 0.3) is 0 Å². The summed E-state index contributed by atoms with van der Waals surface area (Å²) in [5, 5.41) is 5.13. The molecule has 0 fully saturated rings. The molecule has 12 rings (SSSR count). The minimum Gasteiger partial charge on any atom is -0.310 e. The van der Waals surface area contributed by atoms with Gasteiger partial charge in [0.15, 0.2) is 0 Å². The molecule has 0 radical (unpaired) electrons. The van der Waals surface area contributed by atoms with E-state index in [1.807, 2.05) is 0 Å². The molecule has 11 aromatic carbocycles. The maximum Gasteiger partial charge on any atom is 0.0540 e. The summed E-state index contributed by atoms with van der Waals surface area (Å²) in [4.78, 5) is 2.45. The van der Waals surface area contributed by atoms with Crippen LogP contribution in [0.25, 0.3) is 88.3 Å². The highest BCUT2D eigenvalue weighted by molar-refractivity contribution is 6.14. The number of fused-ring (bicyclic) bond motifs is 6. The zero-order valence-corrected chi connectivity index (χ0v) is 37.1. The molecular formula is C65H47N. The van der Waals surface area contributed by atoms with Crippen LogP contribution in [-0.4, -0.2) is 0 Å². The maximum absolute atomic E-state index is 2.46. The van der Waals surface area contributed by atoms with Crippen molar-refractivity contribution in [1.82, 2.24) is 0 Å². The van der Waals surface area contributed by atoms with Crippen LogP contribution in [0.15, 0.2) is 249 Å². The van der Waals surface area contributed by atoms with E-state index in [0.717, 1.165) is 17.1 Å². The van der Waals surface area contributed by atoms with Gasteiger partial charge in [-0.1, -0.05) is 220 Å². The molecule has 66 heavy (non-hydrogen) atoms. The van der Waals surface area contributed by atoms with Crippen LogP contribution < -0.4 is 4.90 Å². The van der Waals surface area contributed by atoms with Crippen LogP contribution in [0.2, 0.25) is 0 Å². The molecule has 0 bridgehead atoms. The fraction of sp³-hybridized carbons (Fsp3) is 0.0462. The SMILES string of the molecule is CC1(C)c2cc(-c3cc4ccccc4c4ccccc34)ccc2-c2ccc(N(c3ccc(-c4ccc(-c5ccccc5)cc4)cc3)c3ccccc3-c3ccc(-c4ccccc4)cc3)cc21. The van der Waals surface area contributed by atoms with E-state index in [1.165, 1.54) is 99.4 Å². The number of para-hydroxylation sites is 1. The van der Waals surface area contributed by atoms with E-state index in [1.54, 1.807) is 0 Å². The second-order valence-electron chi connectivity index (χ2n) is 18.1. The predicted octanol–water partition coefficient (Wildman–Crippen LogP) is 18.1. The van der Waals surface area contributed by atoms with Gasteiger partial charge < -0.3 is 4.90 Å². The molecule has 0 unspecified atom stereocenters. The second kappa shape index (κ2) is 16.1. The van der Waals surface area contributed by atoms with Crippen molar-refractivity contribution in [3.8, 4) is 66.8 Å². The molecule has 1 nitrogen and oxygen atoms in total. The van der Waals surface area contributed by atoms with Gasteiger partial charge in [-0.15, -0.1) is 0 Å². The molecule has 1 heteroatoms. The Morgan fingerprint density at radius 3 is 1.35 bits per heavy atom.